The van der Waals surface area contributed by atoms with Gasteiger partial charge in [0, 0.05) is 24.7 Å². The Morgan fingerprint density at radius 3 is 3.00 bits per heavy atom. The minimum absolute atomic E-state index is 0.0597. The van der Waals surface area contributed by atoms with Crippen molar-refractivity contribution in [2.45, 2.75) is 30.8 Å². The number of piperidine rings is 1. The van der Waals surface area contributed by atoms with E-state index in [0.717, 1.165) is 32.4 Å². The zero-order chi connectivity index (χ0) is 11.9. The lowest BCUT2D eigenvalue weighted by Gasteiger charge is -2.45. The number of hydrogen-bond donors (Lipinski definition) is 3. The lowest BCUT2D eigenvalue weighted by Crippen LogP contribution is -2.59. The zero-order valence-electron chi connectivity index (χ0n) is 10.4. The van der Waals surface area contributed by atoms with Crippen molar-refractivity contribution in [1.82, 2.24) is 20.2 Å². The first-order valence-electron chi connectivity index (χ1n) is 6.42. The van der Waals surface area contributed by atoms with Crippen molar-refractivity contribution >= 4 is 0 Å². The maximum absolute atomic E-state index is 5.84. The predicted molar refractivity (Wildman–Crippen MR) is 66.7 cm³/mol. The minimum Gasteiger partial charge on any atom is -0.348 e. The standard InChI is InChI=1S/C12H21N5/c1-17-4-2-12(3-5-17)11-10(14-8-15-11)6-9(7-13)16-12/h8-9,16H,2-7,13H2,1H3,(H,14,15). The molecule has 4 N–H and O–H groups in total. The molecule has 0 bridgehead atoms. The molecular formula is C12H21N5. The summed E-state index contributed by atoms with van der Waals surface area (Å²) in [6.45, 7) is 2.93. The van der Waals surface area contributed by atoms with Crippen molar-refractivity contribution in [2.75, 3.05) is 26.7 Å². The van der Waals surface area contributed by atoms with Gasteiger partial charge in [0.15, 0.2) is 0 Å². The molecule has 2 aliphatic rings. The van der Waals surface area contributed by atoms with Crippen molar-refractivity contribution in [3.63, 3.8) is 0 Å². The highest BCUT2D eigenvalue weighted by atomic mass is 15.2. The van der Waals surface area contributed by atoms with Gasteiger partial charge >= 0.3 is 0 Å². The van der Waals surface area contributed by atoms with Crippen molar-refractivity contribution in [1.29, 1.82) is 0 Å². The molecule has 1 fully saturated rings. The van der Waals surface area contributed by atoms with Crippen LogP contribution in [0, 0.1) is 0 Å². The van der Waals surface area contributed by atoms with E-state index >= 15 is 0 Å². The molecule has 1 aromatic heterocycles. The Labute approximate surface area is 102 Å². The maximum atomic E-state index is 5.84. The number of hydrogen-bond acceptors (Lipinski definition) is 4. The fourth-order valence-electron chi connectivity index (χ4n) is 3.17. The number of nitrogens with one attached hydrogen (secondary N) is 2. The fourth-order valence-corrected chi connectivity index (χ4v) is 3.17. The van der Waals surface area contributed by atoms with Crippen LogP contribution in [0.2, 0.25) is 0 Å². The van der Waals surface area contributed by atoms with Crippen LogP contribution in [0.3, 0.4) is 0 Å². The van der Waals surface area contributed by atoms with Crippen molar-refractivity contribution in [2.24, 2.45) is 5.73 Å². The second-order valence-electron chi connectivity index (χ2n) is 5.40. The number of H-pyrrole nitrogens is 1. The molecule has 1 atom stereocenters. The fraction of sp³-hybridized carbons (Fsp3) is 0.750. The van der Waals surface area contributed by atoms with Gasteiger partial charge in [-0.3, -0.25) is 0 Å². The van der Waals surface area contributed by atoms with Crippen molar-refractivity contribution in [3.8, 4) is 0 Å². The molecule has 5 nitrogen and oxygen atoms in total. The molecule has 0 radical (unpaired) electrons. The van der Waals surface area contributed by atoms with Gasteiger partial charge in [0.1, 0.15) is 0 Å². The van der Waals surface area contributed by atoms with Gasteiger partial charge in [-0.25, -0.2) is 4.98 Å². The number of likely N-dealkylation sites (tertiary alicyclic amines) is 1. The van der Waals surface area contributed by atoms with Crippen LogP contribution in [-0.2, 0) is 12.0 Å². The summed E-state index contributed by atoms with van der Waals surface area (Å²) in [4.78, 5) is 10.2. The Balaban J connectivity index is 1.94. The first kappa shape index (κ1) is 11.2. The molecule has 0 aromatic carbocycles. The van der Waals surface area contributed by atoms with E-state index in [1.54, 1.807) is 0 Å². The van der Waals surface area contributed by atoms with Crippen LogP contribution < -0.4 is 11.1 Å². The summed E-state index contributed by atoms with van der Waals surface area (Å²) >= 11 is 0. The Morgan fingerprint density at radius 2 is 2.29 bits per heavy atom. The molecule has 94 valence electrons. The molecule has 5 heteroatoms. The average Bonchev–Trinajstić information content (AvgIpc) is 2.82. The number of nitrogens with two attached hydrogens (primary N) is 1. The molecule has 1 aromatic rings. The minimum atomic E-state index is 0.0597. The SMILES string of the molecule is CN1CCC2(CC1)NC(CN)Cc1[nH]cnc12. The van der Waals surface area contributed by atoms with Crippen LogP contribution in [0.1, 0.15) is 24.2 Å². The molecule has 17 heavy (non-hydrogen) atoms. The van der Waals surface area contributed by atoms with E-state index in [-0.39, 0.29) is 5.54 Å². The van der Waals surface area contributed by atoms with E-state index in [0.29, 0.717) is 12.6 Å². The Morgan fingerprint density at radius 1 is 1.53 bits per heavy atom. The number of imidazole rings is 1. The quantitative estimate of drug-likeness (QED) is 0.631. The molecule has 1 saturated heterocycles. The highest BCUT2D eigenvalue weighted by Crippen LogP contribution is 2.36. The second-order valence-corrected chi connectivity index (χ2v) is 5.40. The highest BCUT2D eigenvalue weighted by molar-refractivity contribution is 5.27. The van der Waals surface area contributed by atoms with Gasteiger partial charge in [-0.05, 0) is 33.0 Å². The van der Waals surface area contributed by atoms with Gasteiger partial charge in [0.25, 0.3) is 0 Å². The smallest absolute Gasteiger partial charge is 0.0926 e. The normalized spacial score (nSPS) is 28.2. The molecule has 0 saturated carbocycles. The number of fused-ring (bicyclic) bond motifs is 2. The summed E-state index contributed by atoms with van der Waals surface area (Å²) in [6, 6.07) is 0.381. The maximum Gasteiger partial charge on any atom is 0.0926 e. The Bertz CT molecular complexity index is 391. The molecule has 0 aliphatic carbocycles. The predicted octanol–water partition coefficient (Wildman–Crippen LogP) is -0.196. The Kier molecular flexibility index (Phi) is 2.69. The van der Waals surface area contributed by atoms with E-state index in [1.807, 2.05) is 6.33 Å². The molecular weight excluding hydrogens is 214 g/mol. The molecule has 1 spiro atoms. The summed E-state index contributed by atoms with van der Waals surface area (Å²) in [6.07, 6.45) is 5.05. The first-order chi connectivity index (χ1) is 8.23. The third-order valence-electron chi connectivity index (χ3n) is 4.23. The van der Waals surface area contributed by atoms with Gasteiger partial charge in [-0.1, -0.05) is 0 Å². The largest absolute Gasteiger partial charge is 0.348 e. The van der Waals surface area contributed by atoms with Crippen LogP contribution in [-0.4, -0.2) is 47.6 Å². The second kappa shape index (κ2) is 4.08. The summed E-state index contributed by atoms with van der Waals surface area (Å²) in [7, 11) is 2.18. The summed E-state index contributed by atoms with van der Waals surface area (Å²) in [5.41, 5.74) is 8.41. The zero-order valence-corrected chi connectivity index (χ0v) is 10.4. The third-order valence-corrected chi connectivity index (χ3v) is 4.23. The monoisotopic (exact) mass is 235 g/mol. The van der Waals surface area contributed by atoms with Crippen LogP contribution in [0.5, 0.6) is 0 Å². The number of nitrogens with zero attached hydrogens (tertiary/aromatic N) is 2. The van der Waals surface area contributed by atoms with Crippen LogP contribution in [0.15, 0.2) is 6.33 Å². The van der Waals surface area contributed by atoms with Gasteiger partial charge in [-0.15, -0.1) is 0 Å². The van der Waals surface area contributed by atoms with Gasteiger partial charge in [-0.2, -0.15) is 0 Å². The molecule has 3 heterocycles. The third kappa shape index (κ3) is 1.78. The number of aromatic amines is 1. The van der Waals surface area contributed by atoms with E-state index in [1.165, 1.54) is 11.4 Å². The molecule has 0 amide bonds. The van der Waals surface area contributed by atoms with Crippen molar-refractivity contribution < 1.29 is 0 Å². The first-order valence-corrected chi connectivity index (χ1v) is 6.42. The van der Waals surface area contributed by atoms with Gasteiger partial charge in [0.2, 0.25) is 0 Å². The molecule has 2 aliphatic heterocycles. The van der Waals surface area contributed by atoms with Crippen LogP contribution in [0.4, 0.5) is 0 Å². The van der Waals surface area contributed by atoms with E-state index in [4.69, 9.17) is 5.73 Å². The average molecular weight is 235 g/mol. The van der Waals surface area contributed by atoms with Crippen molar-refractivity contribution in [3.05, 3.63) is 17.7 Å². The molecule has 3 rings (SSSR count). The number of rotatable bonds is 1. The molecule has 1 unspecified atom stereocenters. The van der Waals surface area contributed by atoms with Gasteiger partial charge in [0.05, 0.1) is 17.6 Å². The summed E-state index contributed by atoms with van der Waals surface area (Å²) < 4.78 is 0. The lowest BCUT2D eigenvalue weighted by atomic mass is 9.79. The number of aromatic nitrogens is 2. The Hall–Kier alpha value is -0.910. The highest BCUT2D eigenvalue weighted by Gasteiger charge is 2.43. The summed E-state index contributed by atoms with van der Waals surface area (Å²) in [5, 5.41) is 3.75. The van der Waals surface area contributed by atoms with E-state index in [2.05, 4.69) is 27.2 Å². The van der Waals surface area contributed by atoms with E-state index < -0.39 is 0 Å². The van der Waals surface area contributed by atoms with Crippen LogP contribution >= 0.6 is 0 Å². The van der Waals surface area contributed by atoms with Gasteiger partial charge < -0.3 is 20.9 Å². The van der Waals surface area contributed by atoms with E-state index in [9.17, 15) is 0 Å². The lowest BCUT2D eigenvalue weighted by molar-refractivity contribution is 0.130. The topological polar surface area (TPSA) is 70.0 Å². The summed E-state index contributed by atoms with van der Waals surface area (Å²) in [5.74, 6) is 0. The van der Waals surface area contributed by atoms with Crippen LogP contribution in [0.25, 0.3) is 0 Å².